The van der Waals surface area contributed by atoms with Crippen molar-refractivity contribution in [2.45, 2.75) is 18.9 Å². The number of ether oxygens (including phenoxy) is 1. The topological polar surface area (TPSA) is 70.2 Å². The maximum absolute atomic E-state index is 11.6. The van der Waals surface area contributed by atoms with Crippen LogP contribution >= 0.6 is 0 Å². The number of aromatic amines is 1. The molecule has 0 aliphatic carbocycles. The summed E-state index contributed by atoms with van der Waals surface area (Å²) in [6, 6.07) is 0.378. The smallest absolute Gasteiger partial charge is 0.295 e. The van der Waals surface area contributed by atoms with Gasteiger partial charge in [-0.05, 0) is 19.9 Å². The van der Waals surface area contributed by atoms with Crippen LogP contribution < -0.4 is 20.5 Å². The molecule has 1 aliphatic rings. The molecule has 0 aromatic carbocycles. The van der Waals surface area contributed by atoms with Crippen LogP contribution in [0.15, 0.2) is 11.1 Å². The van der Waals surface area contributed by atoms with Crippen LogP contribution in [0.25, 0.3) is 0 Å². The van der Waals surface area contributed by atoms with Crippen molar-refractivity contribution in [3.8, 4) is 5.75 Å². The molecule has 6 nitrogen and oxygen atoms in total. The first-order valence-corrected chi connectivity index (χ1v) is 5.81. The molecule has 2 rings (SSSR count). The Morgan fingerprint density at radius 3 is 3.24 bits per heavy atom. The van der Waals surface area contributed by atoms with E-state index in [-0.39, 0.29) is 5.56 Å². The van der Waals surface area contributed by atoms with Gasteiger partial charge in [-0.1, -0.05) is 0 Å². The SMILES string of the molecule is CNCC1CCCN1c1nc[nH]c(=O)c1OC. The molecule has 94 valence electrons. The van der Waals surface area contributed by atoms with Gasteiger partial charge >= 0.3 is 0 Å². The zero-order valence-electron chi connectivity index (χ0n) is 10.2. The monoisotopic (exact) mass is 238 g/mol. The third kappa shape index (κ3) is 2.26. The summed E-state index contributed by atoms with van der Waals surface area (Å²) < 4.78 is 5.15. The fourth-order valence-electron chi connectivity index (χ4n) is 2.33. The third-order valence-corrected chi connectivity index (χ3v) is 3.08. The number of nitrogens with one attached hydrogen (secondary N) is 2. The van der Waals surface area contributed by atoms with E-state index >= 15 is 0 Å². The normalized spacial score (nSPS) is 19.6. The van der Waals surface area contributed by atoms with E-state index < -0.39 is 0 Å². The van der Waals surface area contributed by atoms with E-state index in [1.165, 1.54) is 13.4 Å². The molecular weight excluding hydrogens is 220 g/mol. The molecule has 2 N–H and O–H groups in total. The van der Waals surface area contributed by atoms with E-state index in [0.29, 0.717) is 17.6 Å². The predicted molar refractivity (Wildman–Crippen MR) is 65.7 cm³/mol. The van der Waals surface area contributed by atoms with Gasteiger partial charge < -0.3 is 19.9 Å². The molecule has 1 aliphatic heterocycles. The van der Waals surface area contributed by atoms with E-state index in [4.69, 9.17) is 4.74 Å². The van der Waals surface area contributed by atoms with Gasteiger partial charge in [-0.3, -0.25) is 4.79 Å². The van der Waals surface area contributed by atoms with Crippen LogP contribution in [0.2, 0.25) is 0 Å². The molecule has 0 spiro atoms. The van der Waals surface area contributed by atoms with Crippen molar-refractivity contribution in [3.05, 3.63) is 16.7 Å². The van der Waals surface area contributed by atoms with Crippen LogP contribution in [0.4, 0.5) is 5.82 Å². The first-order chi connectivity index (χ1) is 8.27. The highest BCUT2D eigenvalue weighted by atomic mass is 16.5. The van der Waals surface area contributed by atoms with Gasteiger partial charge in [0.1, 0.15) is 0 Å². The molecule has 0 bridgehead atoms. The minimum Gasteiger partial charge on any atom is -0.489 e. The van der Waals surface area contributed by atoms with Crippen molar-refractivity contribution in [1.82, 2.24) is 15.3 Å². The van der Waals surface area contributed by atoms with Crippen LogP contribution in [0.1, 0.15) is 12.8 Å². The average Bonchev–Trinajstić information content (AvgIpc) is 2.77. The van der Waals surface area contributed by atoms with Crippen LogP contribution in [-0.4, -0.2) is 43.3 Å². The van der Waals surface area contributed by atoms with Gasteiger partial charge in [0, 0.05) is 19.1 Å². The highest BCUT2D eigenvalue weighted by molar-refractivity contribution is 5.52. The highest BCUT2D eigenvalue weighted by Gasteiger charge is 2.28. The quantitative estimate of drug-likeness (QED) is 0.770. The Morgan fingerprint density at radius 1 is 1.71 bits per heavy atom. The summed E-state index contributed by atoms with van der Waals surface area (Å²) in [4.78, 5) is 20.5. The lowest BCUT2D eigenvalue weighted by molar-refractivity contribution is 0.404. The lowest BCUT2D eigenvalue weighted by atomic mass is 10.2. The van der Waals surface area contributed by atoms with Crippen molar-refractivity contribution >= 4 is 5.82 Å². The number of methoxy groups -OCH3 is 1. The van der Waals surface area contributed by atoms with Crippen LogP contribution in [0.5, 0.6) is 5.75 Å². The van der Waals surface area contributed by atoms with Crippen molar-refractivity contribution in [1.29, 1.82) is 0 Å². The summed E-state index contributed by atoms with van der Waals surface area (Å²) in [5, 5.41) is 3.17. The standard InChI is InChI=1S/C11H18N4O2/c1-12-6-8-4-3-5-15(8)10-9(17-2)11(16)14-7-13-10/h7-8,12H,3-6H2,1-2H3,(H,13,14,16). The first kappa shape index (κ1) is 11.9. The van der Waals surface area contributed by atoms with E-state index in [9.17, 15) is 4.79 Å². The Hall–Kier alpha value is -1.56. The van der Waals surface area contributed by atoms with Crippen LogP contribution in [-0.2, 0) is 0 Å². The number of rotatable bonds is 4. The molecule has 6 heteroatoms. The number of aromatic nitrogens is 2. The zero-order chi connectivity index (χ0) is 12.3. The third-order valence-electron chi connectivity index (χ3n) is 3.08. The summed E-state index contributed by atoms with van der Waals surface area (Å²) in [5.41, 5.74) is -0.229. The molecule has 1 fully saturated rings. The molecule has 0 amide bonds. The second-order valence-corrected chi connectivity index (χ2v) is 4.14. The van der Waals surface area contributed by atoms with Crippen LogP contribution in [0, 0.1) is 0 Å². The lowest BCUT2D eigenvalue weighted by Gasteiger charge is -2.26. The van der Waals surface area contributed by atoms with Crippen molar-refractivity contribution in [2.75, 3.05) is 32.1 Å². The zero-order valence-corrected chi connectivity index (χ0v) is 10.2. The molecule has 17 heavy (non-hydrogen) atoms. The van der Waals surface area contributed by atoms with Gasteiger partial charge in [0.15, 0.2) is 5.82 Å². The van der Waals surface area contributed by atoms with E-state index in [1.54, 1.807) is 0 Å². The second-order valence-electron chi connectivity index (χ2n) is 4.14. The molecular formula is C11H18N4O2. The Kier molecular flexibility index (Phi) is 3.63. The van der Waals surface area contributed by atoms with Gasteiger partial charge in [0.25, 0.3) is 5.56 Å². The summed E-state index contributed by atoms with van der Waals surface area (Å²) in [6.45, 7) is 1.80. The summed E-state index contributed by atoms with van der Waals surface area (Å²) in [7, 11) is 3.43. The Morgan fingerprint density at radius 2 is 2.53 bits per heavy atom. The number of anilines is 1. The summed E-state index contributed by atoms with van der Waals surface area (Å²) >= 11 is 0. The molecule has 2 heterocycles. The minimum atomic E-state index is -0.229. The number of likely N-dealkylation sites (N-methyl/N-ethyl adjacent to an activating group) is 1. The summed E-state index contributed by atoms with van der Waals surface area (Å²) in [5.74, 6) is 0.949. The number of H-pyrrole nitrogens is 1. The van der Waals surface area contributed by atoms with Gasteiger partial charge in [-0.2, -0.15) is 0 Å². The maximum atomic E-state index is 11.6. The summed E-state index contributed by atoms with van der Waals surface area (Å²) in [6.07, 6.45) is 3.65. The number of nitrogens with zero attached hydrogens (tertiary/aromatic N) is 2. The molecule has 0 radical (unpaired) electrons. The van der Waals surface area contributed by atoms with Crippen molar-refractivity contribution in [2.24, 2.45) is 0 Å². The van der Waals surface area contributed by atoms with E-state index in [2.05, 4.69) is 20.2 Å². The second kappa shape index (κ2) is 5.18. The van der Waals surface area contributed by atoms with Crippen LogP contribution in [0.3, 0.4) is 0 Å². The van der Waals surface area contributed by atoms with Gasteiger partial charge in [-0.25, -0.2) is 4.98 Å². The number of hydrogen-bond donors (Lipinski definition) is 2. The Labute approximate surface area is 100 Å². The lowest BCUT2D eigenvalue weighted by Crippen LogP contribution is -2.38. The highest BCUT2D eigenvalue weighted by Crippen LogP contribution is 2.28. The molecule has 1 aromatic heterocycles. The largest absolute Gasteiger partial charge is 0.489 e. The molecule has 1 saturated heterocycles. The maximum Gasteiger partial charge on any atom is 0.295 e. The minimum absolute atomic E-state index is 0.229. The molecule has 1 aromatic rings. The Balaban J connectivity index is 2.33. The molecule has 1 atom stereocenters. The van der Waals surface area contributed by atoms with E-state index in [0.717, 1.165) is 25.9 Å². The predicted octanol–water partition coefficient (Wildman–Crippen LogP) is -0.0333. The Bertz CT molecular complexity index is 432. The van der Waals surface area contributed by atoms with Gasteiger partial charge in [0.2, 0.25) is 5.75 Å². The van der Waals surface area contributed by atoms with Crippen molar-refractivity contribution in [3.63, 3.8) is 0 Å². The fraction of sp³-hybridized carbons (Fsp3) is 0.636. The fourth-order valence-corrected chi connectivity index (χ4v) is 2.33. The van der Waals surface area contributed by atoms with Gasteiger partial charge in [-0.15, -0.1) is 0 Å². The first-order valence-electron chi connectivity index (χ1n) is 5.81. The molecule has 0 saturated carbocycles. The average molecular weight is 238 g/mol. The molecule has 1 unspecified atom stereocenters. The van der Waals surface area contributed by atoms with Gasteiger partial charge in [0.05, 0.1) is 13.4 Å². The van der Waals surface area contributed by atoms with E-state index in [1.807, 2.05) is 7.05 Å². The number of hydrogen-bond acceptors (Lipinski definition) is 5. The van der Waals surface area contributed by atoms with Crippen molar-refractivity contribution < 1.29 is 4.74 Å².